The zero-order valence-electron chi connectivity index (χ0n) is 19.4. The van der Waals surface area contributed by atoms with Gasteiger partial charge in [0.05, 0.1) is 11.1 Å². The molecule has 7 heteroatoms. The summed E-state index contributed by atoms with van der Waals surface area (Å²) in [6.45, 7) is 1.44. The number of hydrogen-bond donors (Lipinski definition) is 1. The average molecular weight is 480 g/mol. The quantitative estimate of drug-likeness (QED) is 0.407. The highest BCUT2D eigenvalue weighted by Gasteiger charge is 2.33. The van der Waals surface area contributed by atoms with Crippen molar-refractivity contribution >= 4 is 33.8 Å². The van der Waals surface area contributed by atoms with E-state index in [1.807, 2.05) is 30.3 Å². The first-order chi connectivity index (χ1) is 16.9. The third-order valence-electron chi connectivity index (χ3n) is 7.02. The molecular formula is C28H28F3N3O. The van der Waals surface area contributed by atoms with Gasteiger partial charge in [0.1, 0.15) is 0 Å². The van der Waals surface area contributed by atoms with Crippen molar-refractivity contribution in [2.24, 2.45) is 5.92 Å². The van der Waals surface area contributed by atoms with Crippen molar-refractivity contribution < 1.29 is 18.0 Å². The molecule has 1 aromatic heterocycles. The number of rotatable bonds is 4. The molecule has 0 bridgehead atoms. The summed E-state index contributed by atoms with van der Waals surface area (Å²) in [5.74, 6) is 0.207. The van der Waals surface area contributed by atoms with Crippen LogP contribution in [0.4, 0.5) is 24.5 Å². The van der Waals surface area contributed by atoms with E-state index in [4.69, 9.17) is 0 Å². The Labute approximate surface area is 202 Å². The van der Waals surface area contributed by atoms with Crippen LogP contribution in [-0.4, -0.2) is 24.0 Å². The lowest BCUT2D eigenvalue weighted by atomic mass is 9.98. The number of alkyl halides is 3. The summed E-state index contributed by atoms with van der Waals surface area (Å²) in [5, 5.41) is 3.87. The highest BCUT2D eigenvalue weighted by Crippen LogP contribution is 2.40. The molecule has 0 radical (unpaired) electrons. The standard InChI is InChI=1S/C28H28F3N3O/c29-28(30,31)22-10-12-24-21(8-4-14-34(26(24)16-22)18-19-5-1-2-6-19)15-27(35)33-23-11-9-20-7-3-13-32-25(20)17-23/h3,7,9-13,15-17,19H,1-2,4-6,8,14,18H2,(H,33,35)/b21-15+. The van der Waals surface area contributed by atoms with Crippen molar-refractivity contribution in [3.05, 3.63) is 71.9 Å². The fourth-order valence-electron chi connectivity index (χ4n) is 5.28. The van der Waals surface area contributed by atoms with E-state index in [9.17, 15) is 18.0 Å². The molecule has 1 aliphatic heterocycles. The van der Waals surface area contributed by atoms with Gasteiger partial charge in [-0.2, -0.15) is 13.2 Å². The molecule has 2 aromatic carbocycles. The number of fused-ring (bicyclic) bond motifs is 2. The minimum Gasteiger partial charge on any atom is -0.371 e. The second-order valence-electron chi connectivity index (χ2n) is 9.50. The van der Waals surface area contributed by atoms with Gasteiger partial charge < -0.3 is 10.2 Å². The smallest absolute Gasteiger partial charge is 0.371 e. The van der Waals surface area contributed by atoms with E-state index in [1.165, 1.54) is 31.1 Å². The van der Waals surface area contributed by atoms with Crippen molar-refractivity contribution in [1.29, 1.82) is 0 Å². The normalized spacial score (nSPS) is 18.0. The van der Waals surface area contributed by atoms with Gasteiger partial charge in [0.15, 0.2) is 0 Å². The topological polar surface area (TPSA) is 45.2 Å². The lowest BCUT2D eigenvalue weighted by Gasteiger charge is -2.28. The maximum absolute atomic E-state index is 13.5. The van der Waals surface area contributed by atoms with Gasteiger partial charge in [0.2, 0.25) is 5.91 Å². The number of halogens is 3. The molecule has 0 spiro atoms. The summed E-state index contributed by atoms with van der Waals surface area (Å²) in [7, 11) is 0. The number of pyridine rings is 1. The van der Waals surface area contributed by atoms with Crippen LogP contribution < -0.4 is 10.2 Å². The second kappa shape index (κ2) is 9.72. The molecule has 4 nitrogen and oxygen atoms in total. The van der Waals surface area contributed by atoms with Gasteiger partial charge in [-0.3, -0.25) is 9.78 Å². The molecule has 0 saturated heterocycles. The van der Waals surface area contributed by atoms with Gasteiger partial charge in [0.25, 0.3) is 0 Å². The molecule has 0 atom stereocenters. The third kappa shape index (κ3) is 5.34. The van der Waals surface area contributed by atoms with Crippen LogP contribution in [0.3, 0.4) is 0 Å². The number of anilines is 2. The molecule has 0 unspecified atom stereocenters. The second-order valence-corrected chi connectivity index (χ2v) is 9.50. The number of nitrogens with one attached hydrogen (secondary N) is 1. The Hall–Kier alpha value is -3.35. The lowest BCUT2D eigenvalue weighted by Crippen LogP contribution is -2.29. The van der Waals surface area contributed by atoms with Gasteiger partial charge >= 0.3 is 6.18 Å². The molecule has 3 aromatic rings. The maximum atomic E-state index is 13.5. The predicted molar refractivity (Wildman–Crippen MR) is 133 cm³/mol. The molecule has 5 rings (SSSR count). The zero-order chi connectivity index (χ0) is 24.4. The number of carbonyl (C=O) groups is 1. The Bertz CT molecular complexity index is 1260. The van der Waals surface area contributed by atoms with E-state index in [1.54, 1.807) is 6.20 Å². The molecule has 182 valence electrons. The first-order valence-corrected chi connectivity index (χ1v) is 12.2. The first kappa shape index (κ1) is 23.4. The Kier molecular flexibility index (Phi) is 6.50. The van der Waals surface area contributed by atoms with Crippen LogP contribution in [-0.2, 0) is 11.0 Å². The molecule has 1 fully saturated rings. The van der Waals surface area contributed by atoms with E-state index in [2.05, 4.69) is 15.2 Å². The van der Waals surface area contributed by atoms with Crippen LogP contribution in [0.2, 0.25) is 0 Å². The van der Waals surface area contributed by atoms with Crippen molar-refractivity contribution in [1.82, 2.24) is 4.98 Å². The molecule has 1 N–H and O–H groups in total. The molecule has 2 heterocycles. The van der Waals surface area contributed by atoms with Crippen LogP contribution in [0.15, 0.2) is 60.8 Å². The number of benzene rings is 2. The van der Waals surface area contributed by atoms with E-state index in [0.717, 1.165) is 48.3 Å². The van der Waals surface area contributed by atoms with Crippen molar-refractivity contribution in [2.75, 3.05) is 23.3 Å². The van der Waals surface area contributed by atoms with Gasteiger partial charge in [-0.05, 0) is 67.5 Å². The van der Waals surface area contributed by atoms with Crippen LogP contribution in [0.1, 0.15) is 49.7 Å². The summed E-state index contributed by atoms with van der Waals surface area (Å²) in [5.41, 5.74) is 2.81. The Morgan fingerprint density at radius 3 is 2.71 bits per heavy atom. The molecule has 1 amide bonds. The van der Waals surface area contributed by atoms with Crippen LogP contribution in [0.5, 0.6) is 0 Å². The van der Waals surface area contributed by atoms with Crippen LogP contribution in [0.25, 0.3) is 16.5 Å². The maximum Gasteiger partial charge on any atom is 0.416 e. The highest BCUT2D eigenvalue weighted by atomic mass is 19.4. The van der Waals surface area contributed by atoms with Crippen molar-refractivity contribution in [3.8, 4) is 0 Å². The summed E-state index contributed by atoms with van der Waals surface area (Å²) in [6.07, 6.45) is 4.85. The van der Waals surface area contributed by atoms with Crippen molar-refractivity contribution in [3.63, 3.8) is 0 Å². The van der Waals surface area contributed by atoms with Gasteiger partial charge in [-0.1, -0.05) is 31.0 Å². The molecule has 1 aliphatic carbocycles. The number of carbonyl (C=O) groups excluding carboxylic acids is 1. The van der Waals surface area contributed by atoms with E-state index in [-0.39, 0.29) is 5.91 Å². The molecular weight excluding hydrogens is 451 g/mol. The average Bonchev–Trinajstić information content (AvgIpc) is 3.29. The van der Waals surface area contributed by atoms with Gasteiger partial charge in [-0.25, -0.2) is 0 Å². The summed E-state index contributed by atoms with van der Waals surface area (Å²) in [4.78, 5) is 19.4. The van der Waals surface area contributed by atoms with Crippen LogP contribution in [0, 0.1) is 5.92 Å². The zero-order valence-corrected chi connectivity index (χ0v) is 19.4. The fourth-order valence-corrected chi connectivity index (χ4v) is 5.28. The number of nitrogens with zero attached hydrogens (tertiary/aromatic N) is 2. The lowest BCUT2D eigenvalue weighted by molar-refractivity contribution is -0.137. The number of amides is 1. The largest absolute Gasteiger partial charge is 0.416 e. The Morgan fingerprint density at radius 1 is 1.09 bits per heavy atom. The minimum absolute atomic E-state index is 0.301. The Balaban J connectivity index is 1.44. The third-order valence-corrected chi connectivity index (χ3v) is 7.02. The number of aromatic nitrogens is 1. The van der Waals surface area contributed by atoms with Crippen LogP contribution >= 0.6 is 0 Å². The number of hydrogen-bond acceptors (Lipinski definition) is 3. The minimum atomic E-state index is -4.41. The summed E-state index contributed by atoms with van der Waals surface area (Å²) in [6, 6.07) is 13.2. The Morgan fingerprint density at radius 2 is 1.91 bits per heavy atom. The predicted octanol–water partition coefficient (Wildman–Crippen LogP) is 7.07. The fraction of sp³-hybridized carbons (Fsp3) is 0.357. The highest BCUT2D eigenvalue weighted by molar-refractivity contribution is 6.05. The molecule has 1 saturated carbocycles. The first-order valence-electron chi connectivity index (χ1n) is 12.2. The molecule has 35 heavy (non-hydrogen) atoms. The number of allylic oxidation sites excluding steroid dienone is 1. The van der Waals surface area contributed by atoms with E-state index < -0.39 is 11.7 Å². The monoisotopic (exact) mass is 479 g/mol. The van der Waals surface area contributed by atoms with E-state index in [0.29, 0.717) is 35.8 Å². The van der Waals surface area contributed by atoms with Gasteiger partial charge in [-0.15, -0.1) is 0 Å². The SMILES string of the molecule is O=C(/C=C1\CCCN(CC2CCCC2)c2cc(C(F)(F)F)ccc21)Nc1ccc2cccnc2c1. The molecule has 2 aliphatic rings. The van der Waals surface area contributed by atoms with E-state index >= 15 is 0 Å². The summed E-state index contributed by atoms with van der Waals surface area (Å²) < 4.78 is 40.6. The van der Waals surface area contributed by atoms with Gasteiger partial charge in [0, 0.05) is 47.7 Å². The summed E-state index contributed by atoms with van der Waals surface area (Å²) >= 11 is 0. The van der Waals surface area contributed by atoms with Crippen molar-refractivity contribution in [2.45, 2.75) is 44.7 Å².